The lowest BCUT2D eigenvalue weighted by molar-refractivity contribution is -0.138. The number of nitrogens with zero attached hydrogens (tertiary/aromatic N) is 1. The molecule has 1 N–H and O–H groups in total. The molecule has 0 aliphatic carbocycles. The van der Waals surface area contributed by atoms with Crippen LogP contribution in [0.2, 0.25) is 0 Å². The summed E-state index contributed by atoms with van der Waals surface area (Å²) in [5.41, 5.74) is 2.01. The van der Waals surface area contributed by atoms with E-state index in [1.807, 2.05) is 65.6 Å². The molecule has 0 aliphatic heterocycles. The van der Waals surface area contributed by atoms with Crippen molar-refractivity contribution in [1.29, 1.82) is 0 Å². The summed E-state index contributed by atoms with van der Waals surface area (Å²) in [5.74, 6) is -0.820. The van der Waals surface area contributed by atoms with Crippen LogP contribution in [0.25, 0.3) is 0 Å². The maximum atomic E-state index is 11.3. The molecule has 19 heavy (non-hydrogen) atoms. The number of carbonyl (C=O) groups is 1. The summed E-state index contributed by atoms with van der Waals surface area (Å²) in [6, 6.07) is 19.0. The normalized spacial score (nSPS) is 11.8. The van der Waals surface area contributed by atoms with Gasteiger partial charge in [0.05, 0.1) is 0 Å². The average Bonchev–Trinajstić information content (AvgIpc) is 2.46. The SMILES string of the molecule is C[C@@H](C(=O)O)N(Cc1ccccc1)c1ccccc1. The molecule has 98 valence electrons. The van der Waals surface area contributed by atoms with E-state index in [0.717, 1.165) is 11.3 Å². The number of rotatable bonds is 5. The average molecular weight is 255 g/mol. The molecular weight excluding hydrogens is 238 g/mol. The Bertz CT molecular complexity index is 525. The third-order valence-electron chi connectivity index (χ3n) is 3.11. The van der Waals surface area contributed by atoms with E-state index >= 15 is 0 Å². The molecule has 0 saturated carbocycles. The second kappa shape index (κ2) is 6.05. The highest BCUT2D eigenvalue weighted by atomic mass is 16.4. The van der Waals surface area contributed by atoms with Crippen LogP contribution in [0, 0.1) is 0 Å². The molecule has 0 aromatic heterocycles. The molecule has 3 nitrogen and oxygen atoms in total. The fourth-order valence-corrected chi connectivity index (χ4v) is 1.98. The summed E-state index contributed by atoms with van der Waals surface area (Å²) in [7, 11) is 0. The molecule has 0 spiro atoms. The molecule has 0 bridgehead atoms. The van der Waals surface area contributed by atoms with Gasteiger partial charge in [-0.3, -0.25) is 0 Å². The van der Waals surface area contributed by atoms with Crippen LogP contribution in [-0.2, 0) is 11.3 Å². The van der Waals surface area contributed by atoms with E-state index in [1.165, 1.54) is 0 Å². The van der Waals surface area contributed by atoms with Gasteiger partial charge in [0.25, 0.3) is 0 Å². The van der Waals surface area contributed by atoms with E-state index in [2.05, 4.69) is 0 Å². The van der Waals surface area contributed by atoms with Crippen molar-refractivity contribution in [3.05, 3.63) is 66.2 Å². The Morgan fingerprint density at radius 3 is 2.11 bits per heavy atom. The Balaban J connectivity index is 2.27. The molecule has 0 fully saturated rings. The topological polar surface area (TPSA) is 40.5 Å². The second-order valence-electron chi connectivity index (χ2n) is 4.46. The maximum Gasteiger partial charge on any atom is 0.326 e. The van der Waals surface area contributed by atoms with E-state index in [1.54, 1.807) is 6.92 Å². The first kappa shape index (κ1) is 13.1. The summed E-state index contributed by atoms with van der Waals surface area (Å²) in [4.78, 5) is 13.1. The lowest BCUT2D eigenvalue weighted by Gasteiger charge is -2.28. The van der Waals surface area contributed by atoms with Gasteiger partial charge in [-0.15, -0.1) is 0 Å². The molecule has 1 atom stereocenters. The van der Waals surface area contributed by atoms with Crippen molar-refractivity contribution in [2.24, 2.45) is 0 Å². The van der Waals surface area contributed by atoms with E-state index in [4.69, 9.17) is 0 Å². The Morgan fingerprint density at radius 1 is 1.05 bits per heavy atom. The van der Waals surface area contributed by atoms with Crippen LogP contribution in [0.5, 0.6) is 0 Å². The minimum atomic E-state index is -0.820. The van der Waals surface area contributed by atoms with Crippen LogP contribution in [0.15, 0.2) is 60.7 Å². The number of carboxylic acids is 1. The highest BCUT2D eigenvalue weighted by Crippen LogP contribution is 2.19. The highest BCUT2D eigenvalue weighted by molar-refractivity contribution is 5.77. The molecule has 0 heterocycles. The molecule has 0 aliphatic rings. The zero-order valence-electron chi connectivity index (χ0n) is 10.9. The van der Waals surface area contributed by atoms with E-state index in [-0.39, 0.29) is 0 Å². The second-order valence-corrected chi connectivity index (χ2v) is 4.46. The zero-order valence-corrected chi connectivity index (χ0v) is 10.9. The van der Waals surface area contributed by atoms with Crippen LogP contribution in [0.3, 0.4) is 0 Å². The number of anilines is 1. The fraction of sp³-hybridized carbons (Fsp3) is 0.188. The maximum absolute atomic E-state index is 11.3. The predicted molar refractivity (Wildman–Crippen MR) is 76.2 cm³/mol. The molecule has 2 aromatic rings. The number of hydrogen-bond acceptors (Lipinski definition) is 2. The van der Waals surface area contributed by atoms with Crippen molar-refractivity contribution < 1.29 is 9.90 Å². The summed E-state index contributed by atoms with van der Waals surface area (Å²) in [6.07, 6.45) is 0. The van der Waals surface area contributed by atoms with Crippen LogP contribution in [-0.4, -0.2) is 17.1 Å². The number of hydrogen-bond donors (Lipinski definition) is 1. The van der Waals surface area contributed by atoms with Gasteiger partial charge in [0.15, 0.2) is 0 Å². The lowest BCUT2D eigenvalue weighted by atomic mass is 10.1. The standard InChI is InChI=1S/C16H17NO2/c1-13(16(18)19)17(15-10-6-3-7-11-15)12-14-8-4-2-5-9-14/h2-11,13H,12H2,1H3,(H,18,19)/t13-/m0/s1. The fourth-order valence-electron chi connectivity index (χ4n) is 1.98. The van der Waals surface area contributed by atoms with Gasteiger partial charge in [0.1, 0.15) is 6.04 Å². The summed E-state index contributed by atoms with van der Waals surface area (Å²) in [5, 5.41) is 9.25. The number of benzene rings is 2. The molecule has 3 heteroatoms. The molecule has 2 rings (SSSR count). The summed E-state index contributed by atoms with van der Waals surface area (Å²) < 4.78 is 0. The van der Waals surface area contributed by atoms with Crippen molar-refractivity contribution in [3.8, 4) is 0 Å². The first-order valence-electron chi connectivity index (χ1n) is 6.27. The van der Waals surface area contributed by atoms with Gasteiger partial charge in [0.2, 0.25) is 0 Å². The minimum Gasteiger partial charge on any atom is -0.480 e. The van der Waals surface area contributed by atoms with Crippen molar-refractivity contribution in [1.82, 2.24) is 0 Å². The molecule has 0 unspecified atom stereocenters. The smallest absolute Gasteiger partial charge is 0.326 e. The first-order valence-corrected chi connectivity index (χ1v) is 6.27. The van der Waals surface area contributed by atoms with Gasteiger partial charge < -0.3 is 10.0 Å². The third kappa shape index (κ3) is 3.35. The Labute approximate surface area is 113 Å². The lowest BCUT2D eigenvalue weighted by Crippen LogP contribution is -2.38. The predicted octanol–water partition coefficient (Wildman–Crippen LogP) is 3.17. The van der Waals surface area contributed by atoms with E-state index in [9.17, 15) is 9.90 Å². The van der Waals surface area contributed by atoms with Crippen LogP contribution < -0.4 is 4.90 Å². The molecule has 0 amide bonds. The summed E-state index contributed by atoms with van der Waals surface area (Å²) >= 11 is 0. The largest absolute Gasteiger partial charge is 0.480 e. The summed E-state index contributed by atoms with van der Waals surface area (Å²) in [6.45, 7) is 2.29. The highest BCUT2D eigenvalue weighted by Gasteiger charge is 2.20. The van der Waals surface area contributed by atoms with Gasteiger partial charge in [-0.1, -0.05) is 48.5 Å². The Hall–Kier alpha value is -2.29. The monoisotopic (exact) mass is 255 g/mol. The van der Waals surface area contributed by atoms with Gasteiger partial charge in [-0.2, -0.15) is 0 Å². The Morgan fingerprint density at radius 2 is 1.58 bits per heavy atom. The molecule has 0 saturated heterocycles. The first-order chi connectivity index (χ1) is 9.18. The van der Waals surface area contributed by atoms with E-state index in [0.29, 0.717) is 6.54 Å². The van der Waals surface area contributed by atoms with Crippen LogP contribution in [0.1, 0.15) is 12.5 Å². The minimum absolute atomic E-state index is 0.567. The van der Waals surface area contributed by atoms with Crippen LogP contribution >= 0.6 is 0 Å². The van der Waals surface area contributed by atoms with Crippen molar-refractivity contribution >= 4 is 11.7 Å². The Kier molecular flexibility index (Phi) is 4.18. The zero-order chi connectivity index (χ0) is 13.7. The van der Waals surface area contributed by atoms with Gasteiger partial charge in [-0.25, -0.2) is 4.79 Å². The quantitative estimate of drug-likeness (QED) is 0.892. The van der Waals surface area contributed by atoms with Gasteiger partial charge in [0, 0.05) is 12.2 Å². The van der Waals surface area contributed by atoms with Crippen molar-refractivity contribution in [2.45, 2.75) is 19.5 Å². The van der Waals surface area contributed by atoms with Crippen molar-refractivity contribution in [3.63, 3.8) is 0 Å². The van der Waals surface area contributed by atoms with Crippen LogP contribution in [0.4, 0.5) is 5.69 Å². The number of para-hydroxylation sites is 1. The third-order valence-corrected chi connectivity index (χ3v) is 3.11. The van der Waals surface area contributed by atoms with Gasteiger partial charge >= 0.3 is 5.97 Å². The van der Waals surface area contributed by atoms with Crippen molar-refractivity contribution in [2.75, 3.05) is 4.90 Å². The van der Waals surface area contributed by atoms with E-state index < -0.39 is 12.0 Å². The number of aliphatic carboxylic acids is 1. The molecule has 2 aromatic carbocycles. The van der Waals surface area contributed by atoms with Gasteiger partial charge in [-0.05, 0) is 24.6 Å². The molecule has 0 radical (unpaired) electrons. The molecular formula is C16H17NO2. The number of carboxylic acid groups (broad SMARTS) is 1.